The molecule has 1 aliphatic heterocycles. The summed E-state index contributed by atoms with van der Waals surface area (Å²) >= 11 is 3.86. The molecule has 1 rings (SSSR count). The van der Waals surface area contributed by atoms with Gasteiger partial charge in [0, 0.05) is 17.5 Å². The summed E-state index contributed by atoms with van der Waals surface area (Å²) in [6.45, 7) is 1.50. The van der Waals surface area contributed by atoms with Crippen LogP contribution in [0.2, 0.25) is 0 Å². The molecule has 0 aromatic heterocycles. The van der Waals surface area contributed by atoms with E-state index in [1.165, 1.54) is 0 Å². The van der Waals surface area contributed by atoms with E-state index in [2.05, 4.69) is 17.0 Å². The molecule has 0 aromatic carbocycles. The zero-order valence-electron chi connectivity index (χ0n) is 4.13. The van der Waals surface area contributed by atoms with Gasteiger partial charge in [-0.15, -0.1) is 0 Å². The van der Waals surface area contributed by atoms with E-state index in [1.807, 2.05) is 0 Å². The number of hydrogen-bond donors (Lipinski definition) is 2. The summed E-state index contributed by atoms with van der Waals surface area (Å²) in [6.07, 6.45) is 0. The monoisotopic (exact) mass is 150 g/mol. The first-order chi connectivity index (χ1) is 3.84. The van der Waals surface area contributed by atoms with Gasteiger partial charge in [-0.1, -0.05) is 11.7 Å². The minimum absolute atomic E-state index is 0.0370. The average Bonchev–Trinajstić information content (AvgIpc) is 2.14. The summed E-state index contributed by atoms with van der Waals surface area (Å²) in [5.74, 6) is 0. The number of amides is 2. The van der Waals surface area contributed by atoms with Gasteiger partial charge in [0.1, 0.15) is 0 Å². The van der Waals surface area contributed by atoms with E-state index in [1.54, 1.807) is 4.31 Å². The maximum absolute atomic E-state index is 10.6. The van der Waals surface area contributed by atoms with Crippen molar-refractivity contribution in [3.05, 3.63) is 0 Å². The van der Waals surface area contributed by atoms with Crippen molar-refractivity contribution < 1.29 is 4.79 Å². The first kappa shape index (κ1) is 6.10. The van der Waals surface area contributed by atoms with Crippen LogP contribution in [-0.4, -0.2) is 23.4 Å². The highest BCUT2D eigenvalue weighted by Crippen LogP contribution is 2.15. The molecule has 1 heterocycles. The first-order valence-corrected chi connectivity index (χ1v) is 4.04. The highest BCUT2D eigenvalue weighted by atomic mass is 33.1. The van der Waals surface area contributed by atoms with E-state index in [9.17, 15) is 4.79 Å². The molecule has 0 saturated carbocycles. The molecule has 1 saturated heterocycles. The maximum Gasteiger partial charge on any atom is 0.328 e. The minimum Gasteiger partial charge on any atom is -0.335 e. The summed E-state index contributed by atoms with van der Waals surface area (Å²) in [6, 6.07) is -0.0370. The van der Waals surface area contributed by atoms with Crippen LogP contribution in [0.5, 0.6) is 0 Å². The summed E-state index contributed by atoms with van der Waals surface area (Å²) < 4.78 is 1.56. The van der Waals surface area contributed by atoms with E-state index in [0.717, 1.165) is 24.1 Å². The quantitative estimate of drug-likeness (QED) is 0.324. The number of thiol groups is 1. The van der Waals surface area contributed by atoms with Gasteiger partial charge in [0.05, 0.1) is 6.54 Å². The van der Waals surface area contributed by atoms with Crippen LogP contribution in [0, 0.1) is 0 Å². The molecule has 0 aliphatic carbocycles. The zero-order chi connectivity index (χ0) is 5.98. The van der Waals surface area contributed by atoms with Gasteiger partial charge >= 0.3 is 6.03 Å². The lowest BCUT2D eigenvalue weighted by atomic mass is 10.7. The fourth-order valence-electron chi connectivity index (χ4n) is 0.532. The second-order valence-corrected chi connectivity index (χ2v) is 2.51. The Hall–Kier alpha value is -0.0300. The van der Waals surface area contributed by atoms with Gasteiger partial charge < -0.3 is 5.32 Å². The molecule has 0 radical (unpaired) electrons. The predicted molar refractivity (Wildman–Crippen MR) is 36.7 cm³/mol. The van der Waals surface area contributed by atoms with E-state index in [0.29, 0.717) is 0 Å². The first-order valence-electron chi connectivity index (χ1n) is 2.21. The SMILES string of the molecule is O=C1NCCN1SS. The standard InChI is InChI=1S/C3H6N2OS2/c6-3-4-1-2-5(3)8-7/h7H,1-2H2,(H,4,6). The van der Waals surface area contributed by atoms with Gasteiger partial charge in [-0.05, 0) is 0 Å². The fourth-order valence-corrected chi connectivity index (χ4v) is 1.31. The van der Waals surface area contributed by atoms with E-state index < -0.39 is 0 Å². The Morgan fingerprint density at radius 2 is 2.62 bits per heavy atom. The van der Waals surface area contributed by atoms with Crippen LogP contribution in [0.15, 0.2) is 0 Å². The molecule has 3 nitrogen and oxygen atoms in total. The van der Waals surface area contributed by atoms with Crippen molar-refractivity contribution in [3.8, 4) is 0 Å². The number of carbonyl (C=O) groups is 1. The van der Waals surface area contributed by atoms with Gasteiger partial charge in [0.25, 0.3) is 0 Å². The summed E-state index contributed by atoms with van der Waals surface area (Å²) in [7, 11) is 1.16. The second kappa shape index (κ2) is 2.50. The van der Waals surface area contributed by atoms with Crippen molar-refractivity contribution >= 4 is 28.7 Å². The molecule has 1 aliphatic rings. The third-order valence-corrected chi connectivity index (χ3v) is 2.05. The molecular formula is C3H6N2OS2. The average molecular weight is 150 g/mol. The van der Waals surface area contributed by atoms with E-state index >= 15 is 0 Å². The Morgan fingerprint density at radius 3 is 2.88 bits per heavy atom. The van der Waals surface area contributed by atoms with Gasteiger partial charge in [-0.2, -0.15) is 0 Å². The van der Waals surface area contributed by atoms with Crippen LogP contribution in [0.1, 0.15) is 0 Å². The van der Waals surface area contributed by atoms with Crippen molar-refractivity contribution in [2.24, 2.45) is 0 Å². The van der Waals surface area contributed by atoms with Crippen molar-refractivity contribution in [3.63, 3.8) is 0 Å². The van der Waals surface area contributed by atoms with Crippen LogP contribution < -0.4 is 5.32 Å². The van der Waals surface area contributed by atoms with Crippen molar-refractivity contribution in [1.29, 1.82) is 0 Å². The molecule has 1 N–H and O–H groups in total. The lowest BCUT2D eigenvalue weighted by Crippen LogP contribution is -2.20. The number of nitrogens with zero attached hydrogens (tertiary/aromatic N) is 1. The molecule has 0 bridgehead atoms. The molecule has 46 valence electrons. The predicted octanol–water partition coefficient (Wildman–Crippen LogP) is 0.505. The van der Waals surface area contributed by atoms with Crippen molar-refractivity contribution in [1.82, 2.24) is 9.62 Å². The third kappa shape index (κ3) is 1.03. The lowest BCUT2D eigenvalue weighted by Gasteiger charge is -2.05. The fraction of sp³-hybridized carbons (Fsp3) is 0.667. The molecule has 8 heavy (non-hydrogen) atoms. The zero-order valence-corrected chi connectivity index (χ0v) is 5.84. The normalized spacial score (nSPS) is 19.1. The molecule has 0 unspecified atom stereocenters. The largest absolute Gasteiger partial charge is 0.335 e. The number of nitrogens with one attached hydrogen (secondary N) is 1. The molecule has 5 heteroatoms. The van der Waals surface area contributed by atoms with Gasteiger partial charge in [-0.25, -0.2) is 4.79 Å². The van der Waals surface area contributed by atoms with Crippen LogP contribution in [0.25, 0.3) is 0 Å². The van der Waals surface area contributed by atoms with Crippen LogP contribution in [0.3, 0.4) is 0 Å². The topological polar surface area (TPSA) is 32.3 Å². The number of urea groups is 1. The second-order valence-electron chi connectivity index (χ2n) is 1.42. The Bertz CT molecular complexity index is 107. The highest BCUT2D eigenvalue weighted by Gasteiger charge is 2.17. The van der Waals surface area contributed by atoms with Crippen molar-refractivity contribution in [2.45, 2.75) is 0 Å². The smallest absolute Gasteiger partial charge is 0.328 e. The Kier molecular flexibility index (Phi) is 1.90. The Labute approximate surface area is 56.7 Å². The molecular weight excluding hydrogens is 144 g/mol. The van der Waals surface area contributed by atoms with E-state index in [-0.39, 0.29) is 6.03 Å². The van der Waals surface area contributed by atoms with E-state index in [4.69, 9.17) is 0 Å². The van der Waals surface area contributed by atoms with Crippen molar-refractivity contribution in [2.75, 3.05) is 13.1 Å². The minimum atomic E-state index is -0.0370. The molecule has 0 spiro atoms. The van der Waals surface area contributed by atoms with Gasteiger partial charge in [0.2, 0.25) is 0 Å². The van der Waals surface area contributed by atoms with Gasteiger partial charge in [-0.3, -0.25) is 4.31 Å². The summed E-state index contributed by atoms with van der Waals surface area (Å²) in [4.78, 5) is 10.6. The molecule has 0 atom stereocenters. The lowest BCUT2D eigenvalue weighted by molar-refractivity contribution is 0.238. The van der Waals surface area contributed by atoms with Crippen LogP contribution in [-0.2, 0) is 0 Å². The Morgan fingerprint density at radius 1 is 1.88 bits per heavy atom. The van der Waals surface area contributed by atoms with Crippen LogP contribution >= 0.6 is 22.6 Å². The van der Waals surface area contributed by atoms with Gasteiger partial charge in [0.15, 0.2) is 0 Å². The number of rotatable bonds is 1. The summed E-state index contributed by atoms with van der Waals surface area (Å²) in [5, 5.41) is 2.64. The van der Waals surface area contributed by atoms with Crippen LogP contribution in [0.4, 0.5) is 4.79 Å². The third-order valence-electron chi connectivity index (χ3n) is 0.916. The number of hydrogen-bond acceptors (Lipinski definition) is 3. The molecule has 2 amide bonds. The molecule has 0 aromatic rings. The highest BCUT2D eigenvalue weighted by molar-refractivity contribution is 8.67. The maximum atomic E-state index is 10.6. The summed E-state index contributed by atoms with van der Waals surface area (Å²) in [5.41, 5.74) is 0. The molecule has 1 fully saturated rings. The number of carbonyl (C=O) groups excluding carboxylic acids is 1. The Balaban J connectivity index is 2.42.